The largest absolute Gasteiger partial charge is 0.487 e. The van der Waals surface area contributed by atoms with Crippen molar-refractivity contribution in [1.82, 2.24) is 5.32 Å². The van der Waals surface area contributed by atoms with E-state index in [0.29, 0.717) is 11.3 Å². The van der Waals surface area contributed by atoms with Gasteiger partial charge in [-0.05, 0) is 51.4 Å². The maximum atomic E-state index is 13.4. The number of aryl methyl sites for hydroxylation is 1. The highest BCUT2D eigenvalue weighted by molar-refractivity contribution is 5.28. The highest BCUT2D eigenvalue weighted by atomic mass is 19.1. The zero-order valence-electron chi connectivity index (χ0n) is 9.85. The molecule has 0 unspecified atom stereocenters. The number of rotatable bonds is 2. The molecule has 1 aromatic rings. The molecular weight excluding hydrogens is 205 g/mol. The van der Waals surface area contributed by atoms with Gasteiger partial charge in [0.25, 0.3) is 0 Å². The number of halogens is 1. The molecule has 2 nitrogen and oxygen atoms in total. The van der Waals surface area contributed by atoms with Gasteiger partial charge in [0.1, 0.15) is 17.2 Å². The molecule has 16 heavy (non-hydrogen) atoms. The Hall–Kier alpha value is -1.09. The Balaban J connectivity index is 2.10. The summed E-state index contributed by atoms with van der Waals surface area (Å²) in [6.07, 6.45) is 1.92. The maximum Gasteiger partial charge on any atom is 0.129 e. The van der Waals surface area contributed by atoms with Crippen LogP contribution in [0.25, 0.3) is 0 Å². The molecule has 1 aliphatic heterocycles. The summed E-state index contributed by atoms with van der Waals surface area (Å²) in [5.41, 5.74) is 0.496. The van der Waals surface area contributed by atoms with Gasteiger partial charge in [-0.15, -0.1) is 0 Å². The molecule has 1 heterocycles. The molecule has 0 saturated carbocycles. The number of hydrogen-bond donors (Lipinski definition) is 1. The van der Waals surface area contributed by atoms with Gasteiger partial charge >= 0.3 is 0 Å². The van der Waals surface area contributed by atoms with E-state index in [4.69, 9.17) is 4.74 Å². The SMILES string of the molecule is Cc1ccc(OC2(C)CCNCC2)cc1F. The van der Waals surface area contributed by atoms with Crippen molar-refractivity contribution in [3.63, 3.8) is 0 Å². The third kappa shape index (κ3) is 2.53. The number of nitrogens with one attached hydrogen (secondary N) is 1. The Labute approximate surface area is 95.8 Å². The van der Waals surface area contributed by atoms with Crippen LogP contribution in [0.5, 0.6) is 5.75 Å². The quantitative estimate of drug-likeness (QED) is 0.832. The minimum absolute atomic E-state index is 0.160. The molecule has 0 spiro atoms. The molecule has 0 aromatic heterocycles. The minimum Gasteiger partial charge on any atom is -0.487 e. The van der Waals surface area contributed by atoms with E-state index in [9.17, 15) is 4.39 Å². The van der Waals surface area contributed by atoms with E-state index in [0.717, 1.165) is 25.9 Å². The number of ether oxygens (including phenoxy) is 1. The summed E-state index contributed by atoms with van der Waals surface area (Å²) in [4.78, 5) is 0. The molecule has 1 saturated heterocycles. The molecule has 0 bridgehead atoms. The summed E-state index contributed by atoms with van der Waals surface area (Å²) in [5.74, 6) is 0.433. The van der Waals surface area contributed by atoms with Crippen molar-refractivity contribution in [2.45, 2.75) is 32.3 Å². The van der Waals surface area contributed by atoms with Gasteiger partial charge in [-0.1, -0.05) is 6.07 Å². The molecule has 2 rings (SSSR count). The van der Waals surface area contributed by atoms with Gasteiger partial charge < -0.3 is 10.1 Å². The smallest absolute Gasteiger partial charge is 0.129 e. The predicted molar refractivity (Wildman–Crippen MR) is 62.3 cm³/mol. The van der Waals surface area contributed by atoms with Crippen molar-refractivity contribution in [2.75, 3.05) is 13.1 Å². The molecule has 3 heteroatoms. The lowest BCUT2D eigenvalue weighted by Crippen LogP contribution is -2.43. The molecule has 0 atom stereocenters. The highest BCUT2D eigenvalue weighted by Gasteiger charge is 2.28. The Bertz CT molecular complexity index is 372. The monoisotopic (exact) mass is 223 g/mol. The Morgan fingerprint density at radius 2 is 2.00 bits per heavy atom. The average molecular weight is 223 g/mol. The van der Waals surface area contributed by atoms with Crippen molar-refractivity contribution in [2.24, 2.45) is 0 Å². The molecule has 1 aromatic carbocycles. The van der Waals surface area contributed by atoms with Gasteiger partial charge in [0, 0.05) is 6.07 Å². The van der Waals surface area contributed by atoms with Crippen LogP contribution in [0.15, 0.2) is 18.2 Å². The second-order valence-electron chi connectivity index (χ2n) is 4.71. The lowest BCUT2D eigenvalue weighted by atomic mass is 9.94. The summed E-state index contributed by atoms with van der Waals surface area (Å²) >= 11 is 0. The fourth-order valence-corrected chi connectivity index (χ4v) is 1.98. The third-order valence-corrected chi connectivity index (χ3v) is 3.17. The molecule has 88 valence electrons. The molecule has 0 amide bonds. The second kappa shape index (κ2) is 4.42. The molecule has 1 aliphatic rings. The molecule has 1 fully saturated rings. The van der Waals surface area contributed by atoms with E-state index < -0.39 is 0 Å². The van der Waals surface area contributed by atoms with Crippen LogP contribution >= 0.6 is 0 Å². The van der Waals surface area contributed by atoms with Crippen molar-refractivity contribution in [1.29, 1.82) is 0 Å². The van der Waals surface area contributed by atoms with Gasteiger partial charge in [0.05, 0.1) is 0 Å². The number of piperidine rings is 1. The Morgan fingerprint density at radius 3 is 2.62 bits per heavy atom. The first-order valence-electron chi connectivity index (χ1n) is 5.75. The summed E-state index contributed by atoms with van der Waals surface area (Å²) in [5, 5.41) is 3.29. The van der Waals surface area contributed by atoms with Crippen LogP contribution in [0.3, 0.4) is 0 Å². The summed E-state index contributed by atoms with van der Waals surface area (Å²) < 4.78 is 19.3. The van der Waals surface area contributed by atoms with Crippen molar-refractivity contribution in [3.05, 3.63) is 29.6 Å². The minimum atomic E-state index is -0.199. The lowest BCUT2D eigenvalue weighted by Gasteiger charge is -2.34. The maximum absolute atomic E-state index is 13.4. The first-order chi connectivity index (χ1) is 7.59. The van der Waals surface area contributed by atoms with Crippen LogP contribution in [-0.2, 0) is 0 Å². The normalized spacial score (nSPS) is 19.4. The predicted octanol–water partition coefficient (Wildman–Crippen LogP) is 2.66. The summed E-state index contributed by atoms with van der Waals surface area (Å²) in [6, 6.07) is 5.07. The Morgan fingerprint density at radius 1 is 1.31 bits per heavy atom. The van der Waals surface area contributed by atoms with Crippen LogP contribution in [0.2, 0.25) is 0 Å². The zero-order valence-corrected chi connectivity index (χ0v) is 9.85. The van der Waals surface area contributed by atoms with E-state index in [2.05, 4.69) is 12.2 Å². The van der Waals surface area contributed by atoms with Gasteiger partial charge in [-0.2, -0.15) is 0 Å². The van der Waals surface area contributed by atoms with Crippen LogP contribution in [-0.4, -0.2) is 18.7 Å². The summed E-state index contributed by atoms with van der Waals surface area (Å²) in [7, 11) is 0. The van der Waals surface area contributed by atoms with Crippen molar-refractivity contribution in [3.8, 4) is 5.75 Å². The lowest BCUT2D eigenvalue weighted by molar-refractivity contribution is 0.0553. The van der Waals surface area contributed by atoms with Crippen LogP contribution in [0.1, 0.15) is 25.3 Å². The molecule has 0 aliphatic carbocycles. The third-order valence-electron chi connectivity index (χ3n) is 3.17. The standard InChI is InChI=1S/C13H18FNO/c1-10-3-4-11(9-12(10)14)16-13(2)5-7-15-8-6-13/h3-4,9,15H,5-8H2,1-2H3. The summed E-state index contributed by atoms with van der Waals surface area (Å²) in [6.45, 7) is 5.77. The van der Waals surface area contributed by atoms with Crippen LogP contribution < -0.4 is 10.1 Å². The van der Waals surface area contributed by atoms with E-state index in [1.165, 1.54) is 6.07 Å². The first kappa shape index (κ1) is 11.4. The van der Waals surface area contributed by atoms with E-state index in [1.807, 2.05) is 6.07 Å². The van der Waals surface area contributed by atoms with Crippen LogP contribution in [0, 0.1) is 12.7 Å². The van der Waals surface area contributed by atoms with Crippen molar-refractivity contribution >= 4 is 0 Å². The van der Waals surface area contributed by atoms with Crippen LogP contribution in [0.4, 0.5) is 4.39 Å². The topological polar surface area (TPSA) is 21.3 Å². The zero-order chi connectivity index (χ0) is 11.6. The first-order valence-corrected chi connectivity index (χ1v) is 5.75. The Kier molecular flexibility index (Phi) is 3.15. The molecule has 0 radical (unpaired) electrons. The fraction of sp³-hybridized carbons (Fsp3) is 0.538. The highest BCUT2D eigenvalue weighted by Crippen LogP contribution is 2.26. The van der Waals surface area contributed by atoms with E-state index >= 15 is 0 Å². The van der Waals surface area contributed by atoms with E-state index in [-0.39, 0.29) is 11.4 Å². The van der Waals surface area contributed by atoms with Gasteiger partial charge in [-0.25, -0.2) is 4.39 Å². The van der Waals surface area contributed by atoms with Gasteiger partial charge in [0.2, 0.25) is 0 Å². The average Bonchev–Trinajstić information content (AvgIpc) is 2.24. The van der Waals surface area contributed by atoms with Gasteiger partial charge in [0.15, 0.2) is 0 Å². The molecular formula is C13H18FNO. The number of hydrogen-bond acceptors (Lipinski definition) is 2. The van der Waals surface area contributed by atoms with E-state index in [1.54, 1.807) is 13.0 Å². The number of benzene rings is 1. The second-order valence-corrected chi connectivity index (χ2v) is 4.71. The van der Waals surface area contributed by atoms with Crippen molar-refractivity contribution < 1.29 is 9.13 Å². The van der Waals surface area contributed by atoms with Gasteiger partial charge in [-0.3, -0.25) is 0 Å². The fourth-order valence-electron chi connectivity index (χ4n) is 1.98. The molecule has 1 N–H and O–H groups in total.